The van der Waals surface area contributed by atoms with Crippen LogP contribution in [0.4, 0.5) is 0 Å². The maximum absolute atomic E-state index is 9.99. The van der Waals surface area contributed by atoms with E-state index in [0.717, 1.165) is 18.5 Å². The molecule has 10 heavy (non-hydrogen) atoms. The minimum atomic E-state index is 0.351. The normalized spacial score (nSPS) is 9.70. The summed E-state index contributed by atoms with van der Waals surface area (Å²) in [5.74, 6) is 0.830. The van der Waals surface area contributed by atoms with E-state index < -0.39 is 0 Å². The van der Waals surface area contributed by atoms with Gasteiger partial charge in [-0.05, 0) is 0 Å². The van der Waals surface area contributed by atoms with Gasteiger partial charge in [0.2, 0.25) is 0 Å². The molecule has 0 bridgehead atoms. The van der Waals surface area contributed by atoms with Crippen LogP contribution in [0.15, 0.2) is 10.6 Å². The average molecular weight is 139 g/mol. The summed E-state index contributed by atoms with van der Waals surface area (Å²) in [5, 5.41) is 3.67. The number of aryl methyl sites for hydroxylation is 1. The number of hydrogen-bond donors (Lipinski definition) is 0. The topological polar surface area (TPSA) is 43.1 Å². The fraction of sp³-hybridized carbons (Fsp3) is 0.429. The third-order valence-corrected chi connectivity index (χ3v) is 1.25. The Balaban J connectivity index is 2.67. The quantitative estimate of drug-likeness (QED) is 0.586. The molecular formula is C7H9NO2. The van der Waals surface area contributed by atoms with Gasteiger partial charge in [-0.25, -0.2) is 0 Å². The van der Waals surface area contributed by atoms with E-state index in [0.29, 0.717) is 12.1 Å². The number of aldehydes is 1. The van der Waals surface area contributed by atoms with E-state index in [1.54, 1.807) is 6.07 Å². The van der Waals surface area contributed by atoms with Crippen LogP contribution in [-0.2, 0) is 17.6 Å². The SMILES string of the molecule is CCc1cc(CC=O)no1. The highest BCUT2D eigenvalue weighted by atomic mass is 16.5. The van der Waals surface area contributed by atoms with Gasteiger partial charge in [0, 0.05) is 18.9 Å². The lowest BCUT2D eigenvalue weighted by Crippen LogP contribution is -1.82. The average Bonchev–Trinajstić information content (AvgIpc) is 2.37. The Hall–Kier alpha value is -1.12. The van der Waals surface area contributed by atoms with Crippen molar-refractivity contribution in [3.63, 3.8) is 0 Å². The molecular weight excluding hydrogens is 130 g/mol. The van der Waals surface area contributed by atoms with E-state index in [4.69, 9.17) is 4.52 Å². The number of hydrogen-bond acceptors (Lipinski definition) is 3. The molecule has 3 heteroatoms. The van der Waals surface area contributed by atoms with Crippen molar-refractivity contribution in [1.29, 1.82) is 0 Å². The van der Waals surface area contributed by atoms with Crippen molar-refractivity contribution in [2.24, 2.45) is 0 Å². The summed E-state index contributed by atoms with van der Waals surface area (Å²) < 4.78 is 4.86. The molecule has 0 N–H and O–H groups in total. The Bertz CT molecular complexity index is 217. The van der Waals surface area contributed by atoms with Crippen molar-refractivity contribution in [3.05, 3.63) is 17.5 Å². The van der Waals surface area contributed by atoms with Gasteiger partial charge < -0.3 is 9.32 Å². The van der Waals surface area contributed by atoms with Crippen LogP contribution in [0.3, 0.4) is 0 Å². The molecule has 1 aromatic heterocycles. The molecule has 0 unspecified atom stereocenters. The Labute approximate surface area is 59.0 Å². The zero-order chi connectivity index (χ0) is 7.40. The van der Waals surface area contributed by atoms with Crippen molar-refractivity contribution in [2.45, 2.75) is 19.8 Å². The summed E-state index contributed by atoms with van der Waals surface area (Å²) in [4.78, 5) is 9.99. The largest absolute Gasteiger partial charge is 0.361 e. The van der Waals surface area contributed by atoms with Crippen LogP contribution in [0, 0.1) is 0 Å². The highest BCUT2D eigenvalue weighted by Crippen LogP contribution is 2.03. The fourth-order valence-electron chi connectivity index (χ4n) is 0.704. The molecule has 1 rings (SSSR count). The van der Waals surface area contributed by atoms with Crippen LogP contribution in [0.5, 0.6) is 0 Å². The van der Waals surface area contributed by atoms with Gasteiger partial charge in [-0.1, -0.05) is 12.1 Å². The van der Waals surface area contributed by atoms with E-state index in [1.165, 1.54) is 0 Å². The van der Waals surface area contributed by atoms with Crippen molar-refractivity contribution >= 4 is 6.29 Å². The molecule has 1 heterocycles. The minimum absolute atomic E-state index is 0.351. The lowest BCUT2D eigenvalue weighted by molar-refractivity contribution is -0.107. The summed E-state index contributed by atoms with van der Waals surface area (Å²) in [6, 6.07) is 1.80. The first-order valence-corrected chi connectivity index (χ1v) is 3.25. The molecule has 0 spiro atoms. The summed E-state index contributed by atoms with van der Waals surface area (Å²) >= 11 is 0. The Kier molecular flexibility index (Phi) is 2.20. The number of carbonyl (C=O) groups is 1. The zero-order valence-electron chi connectivity index (χ0n) is 5.83. The van der Waals surface area contributed by atoms with Gasteiger partial charge in [0.1, 0.15) is 12.0 Å². The summed E-state index contributed by atoms with van der Waals surface area (Å²) in [6.45, 7) is 1.98. The third-order valence-electron chi connectivity index (χ3n) is 1.25. The van der Waals surface area contributed by atoms with Gasteiger partial charge in [-0.2, -0.15) is 0 Å². The predicted molar refractivity (Wildman–Crippen MR) is 35.6 cm³/mol. The molecule has 0 atom stereocenters. The molecule has 0 amide bonds. The van der Waals surface area contributed by atoms with E-state index in [-0.39, 0.29) is 0 Å². The second-order valence-corrected chi connectivity index (χ2v) is 2.01. The van der Waals surface area contributed by atoms with Crippen molar-refractivity contribution < 1.29 is 9.32 Å². The van der Waals surface area contributed by atoms with E-state index in [9.17, 15) is 4.79 Å². The van der Waals surface area contributed by atoms with Crippen LogP contribution in [0.25, 0.3) is 0 Å². The van der Waals surface area contributed by atoms with Gasteiger partial charge in [-0.15, -0.1) is 0 Å². The molecule has 54 valence electrons. The highest BCUT2D eigenvalue weighted by molar-refractivity contribution is 5.53. The Morgan fingerprint density at radius 3 is 3.10 bits per heavy atom. The molecule has 0 aromatic carbocycles. The van der Waals surface area contributed by atoms with Crippen molar-refractivity contribution in [2.75, 3.05) is 0 Å². The zero-order valence-corrected chi connectivity index (χ0v) is 5.83. The first kappa shape index (κ1) is 6.99. The summed E-state index contributed by atoms with van der Waals surface area (Å²) in [5.41, 5.74) is 0.715. The molecule has 0 saturated carbocycles. The number of aromatic nitrogens is 1. The first-order chi connectivity index (χ1) is 4.86. The molecule has 0 saturated heterocycles. The molecule has 0 aliphatic rings. The van der Waals surface area contributed by atoms with Gasteiger partial charge in [0.25, 0.3) is 0 Å². The van der Waals surface area contributed by atoms with Gasteiger partial charge in [-0.3, -0.25) is 0 Å². The number of carbonyl (C=O) groups excluding carboxylic acids is 1. The predicted octanol–water partition coefficient (Wildman–Crippen LogP) is 0.978. The fourth-order valence-corrected chi connectivity index (χ4v) is 0.704. The second kappa shape index (κ2) is 3.15. The lowest BCUT2D eigenvalue weighted by atomic mass is 10.3. The molecule has 0 aliphatic carbocycles. The first-order valence-electron chi connectivity index (χ1n) is 3.25. The molecule has 1 aromatic rings. The maximum Gasteiger partial charge on any atom is 0.136 e. The standard InChI is InChI=1S/C7H9NO2/c1-2-7-5-6(3-4-9)8-10-7/h4-5H,2-3H2,1H3. The van der Waals surface area contributed by atoms with Crippen LogP contribution >= 0.6 is 0 Å². The van der Waals surface area contributed by atoms with Crippen LogP contribution in [-0.4, -0.2) is 11.4 Å². The summed E-state index contributed by atoms with van der Waals surface area (Å²) in [7, 11) is 0. The van der Waals surface area contributed by atoms with Gasteiger partial charge >= 0.3 is 0 Å². The third kappa shape index (κ3) is 1.43. The number of rotatable bonds is 3. The monoisotopic (exact) mass is 139 g/mol. The Morgan fingerprint density at radius 2 is 2.60 bits per heavy atom. The van der Waals surface area contributed by atoms with Crippen molar-refractivity contribution in [3.8, 4) is 0 Å². The smallest absolute Gasteiger partial charge is 0.136 e. The van der Waals surface area contributed by atoms with E-state index in [2.05, 4.69) is 5.16 Å². The van der Waals surface area contributed by atoms with E-state index in [1.807, 2.05) is 6.92 Å². The van der Waals surface area contributed by atoms with E-state index >= 15 is 0 Å². The van der Waals surface area contributed by atoms with Crippen LogP contribution < -0.4 is 0 Å². The second-order valence-electron chi connectivity index (χ2n) is 2.01. The minimum Gasteiger partial charge on any atom is -0.361 e. The van der Waals surface area contributed by atoms with Crippen LogP contribution in [0.2, 0.25) is 0 Å². The molecule has 0 aliphatic heterocycles. The Morgan fingerprint density at radius 1 is 1.80 bits per heavy atom. The molecule has 0 radical (unpaired) electrons. The van der Waals surface area contributed by atoms with Crippen LogP contribution in [0.1, 0.15) is 18.4 Å². The van der Waals surface area contributed by atoms with Gasteiger partial charge in [0.15, 0.2) is 0 Å². The number of nitrogens with zero attached hydrogens (tertiary/aromatic N) is 1. The van der Waals surface area contributed by atoms with Crippen molar-refractivity contribution in [1.82, 2.24) is 5.16 Å². The highest BCUT2D eigenvalue weighted by Gasteiger charge is 1.99. The summed E-state index contributed by atoms with van der Waals surface area (Å²) in [6.07, 6.45) is 1.99. The van der Waals surface area contributed by atoms with Gasteiger partial charge in [0.05, 0.1) is 5.69 Å². The molecule has 0 fully saturated rings. The maximum atomic E-state index is 9.99. The lowest BCUT2D eigenvalue weighted by Gasteiger charge is -1.77. The molecule has 3 nitrogen and oxygen atoms in total.